The van der Waals surface area contributed by atoms with E-state index in [9.17, 15) is 14.8 Å². The number of rotatable bonds is 6. The van der Waals surface area contributed by atoms with Gasteiger partial charge in [-0.15, -0.1) is 10.3 Å². The van der Waals surface area contributed by atoms with E-state index in [0.717, 1.165) is 10.9 Å². The molecule has 0 bridgehead atoms. The maximum absolute atomic E-state index is 13.0. The van der Waals surface area contributed by atoms with E-state index in [-0.39, 0.29) is 18.3 Å². The molecule has 2 aliphatic rings. The van der Waals surface area contributed by atoms with Gasteiger partial charge in [-0.3, -0.25) is 9.79 Å². The highest BCUT2D eigenvalue weighted by molar-refractivity contribution is 6.00. The van der Waals surface area contributed by atoms with Crippen LogP contribution in [0.4, 0.5) is 0 Å². The smallest absolute Gasteiger partial charge is 0.344 e. The van der Waals surface area contributed by atoms with Gasteiger partial charge in [0.25, 0.3) is 0 Å². The second kappa shape index (κ2) is 7.76. The van der Waals surface area contributed by atoms with Gasteiger partial charge in [0.15, 0.2) is 12.4 Å². The second-order valence-electron chi connectivity index (χ2n) is 8.30. The molecule has 8 nitrogen and oxygen atoms in total. The Balaban J connectivity index is 1.68. The van der Waals surface area contributed by atoms with Crippen LogP contribution >= 0.6 is 0 Å². The largest absolute Gasteiger partial charge is 0.482 e. The lowest BCUT2D eigenvalue weighted by Gasteiger charge is -2.38. The molecule has 0 aliphatic carbocycles. The lowest BCUT2D eigenvalue weighted by Crippen LogP contribution is -2.52. The lowest BCUT2D eigenvalue weighted by molar-refractivity contribution is -0.258. The van der Waals surface area contributed by atoms with Crippen molar-refractivity contribution in [2.24, 2.45) is 10.9 Å². The van der Waals surface area contributed by atoms with Crippen LogP contribution in [0.3, 0.4) is 0 Å². The van der Waals surface area contributed by atoms with E-state index in [0.29, 0.717) is 31.0 Å². The van der Waals surface area contributed by atoms with E-state index in [4.69, 9.17) is 9.47 Å². The highest BCUT2D eigenvalue weighted by Crippen LogP contribution is 2.40. The highest BCUT2D eigenvalue weighted by Gasteiger charge is 2.57. The molecule has 0 N–H and O–H groups in total. The minimum Gasteiger partial charge on any atom is -0.482 e. The van der Waals surface area contributed by atoms with Crippen molar-refractivity contribution >= 4 is 17.6 Å². The van der Waals surface area contributed by atoms with Crippen LogP contribution < -0.4 is 4.74 Å². The van der Waals surface area contributed by atoms with E-state index in [1.54, 1.807) is 31.2 Å². The molecule has 1 unspecified atom stereocenters. The minimum absolute atomic E-state index is 0.0253. The summed E-state index contributed by atoms with van der Waals surface area (Å²) in [6, 6.07) is 6.68. The summed E-state index contributed by atoms with van der Waals surface area (Å²) in [4.78, 5) is 30.9. The van der Waals surface area contributed by atoms with E-state index < -0.39 is 17.2 Å². The van der Waals surface area contributed by atoms with Crippen molar-refractivity contribution in [3.8, 4) is 5.75 Å². The molecule has 1 fully saturated rings. The number of carbonyl (C=O) groups is 2. The Kier molecular flexibility index (Phi) is 5.69. The maximum Gasteiger partial charge on any atom is 0.344 e. The Morgan fingerprint density at radius 1 is 1.17 bits per heavy atom. The molecular formula is C21H28N3O5. The average Bonchev–Trinajstić information content (AvgIpc) is 2.83. The molecule has 0 saturated carbocycles. The number of benzene rings is 1. The molecule has 157 valence electrons. The number of ketones is 1. The summed E-state index contributed by atoms with van der Waals surface area (Å²) in [6.45, 7) is 10.1. The molecule has 0 amide bonds. The molecule has 29 heavy (non-hydrogen) atoms. The van der Waals surface area contributed by atoms with Gasteiger partial charge in [0.1, 0.15) is 22.8 Å². The minimum atomic E-state index is -0.758. The molecular weight excluding hydrogens is 374 g/mol. The summed E-state index contributed by atoms with van der Waals surface area (Å²) >= 11 is 0. The monoisotopic (exact) mass is 402 g/mol. The Bertz CT molecular complexity index is 816. The Labute approximate surface area is 171 Å². The third-order valence-corrected chi connectivity index (χ3v) is 5.50. The molecule has 2 heterocycles. The number of esters is 1. The van der Waals surface area contributed by atoms with Gasteiger partial charge in [-0.1, -0.05) is 0 Å². The molecule has 3 rings (SSSR count). The lowest BCUT2D eigenvalue weighted by atomic mass is 9.94. The van der Waals surface area contributed by atoms with Crippen LogP contribution in [0, 0.1) is 5.92 Å². The number of aliphatic imine (C=N–C) groups is 1. The van der Waals surface area contributed by atoms with E-state index in [2.05, 4.69) is 4.99 Å². The number of nitrogens with zero attached hydrogens (tertiary/aromatic N) is 3. The second-order valence-corrected chi connectivity index (χ2v) is 8.30. The van der Waals surface area contributed by atoms with E-state index >= 15 is 0 Å². The van der Waals surface area contributed by atoms with E-state index in [1.807, 2.05) is 32.6 Å². The van der Waals surface area contributed by atoms with Crippen LogP contribution in [0.2, 0.25) is 0 Å². The van der Waals surface area contributed by atoms with Crippen molar-refractivity contribution in [2.75, 3.05) is 26.3 Å². The molecule has 0 spiro atoms. The first-order chi connectivity index (χ1) is 13.6. The van der Waals surface area contributed by atoms with Crippen LogP contribution in [-0.4, -0.2) is 65.1 Å². The zero-order valence-corrected chi connectivity index (χ0v) is 17.6. The SMILES string of the molecule is CCOC(=O)COc1ccc(C(=O)C2CN=C3N(C2)C(C)(C)N([O])C3(C)C)cc1. The number of ether oxygens (including phenoxy) is 2. The van der Waals surface area contributed by atoms with Crippen LogP contribution in [0.1, 0.15) is 45.0 Å². The number of amidine groups is 1. The van der Waals surface area contributed by atoms with Crippen molar-refractivity contribution in [3.63, 3.8) is 0 Å². The van der Waals surface area contributed by atoms with Gasteiger partial charge >= 0.3 is 5.97 Å². The zero-order valence-electron chi connectivity index (χ0n) is 17.6. The van der Waals surface area contributed by atoms with Crippen molar-refractivity contribution in [3.05, 3.63) is 29.8 Å². The zero-order chi connectivity index (χ0) is 21.4. The summed E-state index contributed by atoms with van der Waals surface area (Å²) in [5.74, 6) is 0.439. The van der Waals surface area contributed by atoms with Gasteiger partial charge in [-0.05, 0) is 58.9 Å². The standard InChI is InChI=1S/C21H28N3O5/c1-6-28-17(25)13-29-16-9-7-14(8-10-16)18(26)15-11-22-19-20(2,3)24(27)21(4,5)23(19)12-15/h7-10,15H,6,11-13H2,1-5H3. The summed E-state index contributed by atoms with van der Waals surface area (Å²) < 4.78 is 10.2. The molecule has 1 radical (unpaired) electrons. The molecule has 1 saturated heterocycles. The number of carbonyl (C=O) groups excluding carboxylic acids is 2. The van der Waals surface area contributed by atoms with Gasteiger partial charge in [0.2, 0.25) is 0 Å². The van der Waals surface area contributed by atoms with Gasteiger partial charge in [0.05, 0.1) is 19.1 Å². The number of Topliss-reactive ketones (excluding diaryl/α,β-unsaturated/α-hetero) is 1. The molecule has 2 aliphatic heterocycles. The molecule has 1 atom stereocenters. The Morgan fingerprint density at radius 2 is 1.83 bits per heavy atom. The highest BCUT2D eigenvalue weighted by atomic mass is 16.6. The number of hydrogen-bond acceptors (Lipinski definition) is 7. The summed E-state index contributed by atoms with van der Waals surface area (Å²) in [7, 11) is 0. The topological polar surface area (TPSA) is 91.3 Å². The fourth-order valence-corrected chi connectivity index (χ4v) is 4.00. The predicted molar refractivity (Wildman–Crippen MR) is 106 cm³/mol. The van der Waals surface area contributed by atoms with Crippen LogP contribution in [0.5, 0.6) is 5.75 Å². The van der Waals surface area contributed by atoms with Gasteiger partial charge in [-0.25, -0.2) is 4.79 Å². The predicted octanol–water partition coefficient (Wildman–Crippen LogP) is 2.32. The average molecular weight is 402 g/mol. The summed E-state index contributed by atoms with van der Waals surface area (Å²) in [5.41, 5.74) is -0.922. The van der Waals surface area contributed by atoms with Crippen molar-refractivity contribution < 1.29 is 24.3 Å². The first-order valence-corrected chi connectivity index (χ1v) is 9.81. The fourth-order valence-electron chi connectivity index (χ4n) is 4.00. The normalized spacial score (nSPS) is 22.6. The number of fused-ring (bicyclic) bond motifs is 1. The van der Waals surface area contributed by atoms with Crippen LogP contribution in [-0.2, 0) is 14.7 Å². The van der Waals surface area contributed by atoms with Crippen molar-refractivity contribution in [1.29, 1.82) is 0 Å². The third kappa shape index (κ3) is 3.86. The maximum atomic E-state index is 13.0. The van der Waals surface area contributed by atoms with Gasteiger partial charge in [0, 0.05) is 12.1 Å². The van der Waals surface area contributed by atoms with Gasteiger partial charge < -0.3 is 14.4 Å². The first kappa shape index (κ1) is 21.3. The Morgan fingerprint density at radius 3 is 2.45 bits per heavy atom. The first-order valence-electron chi connectivity index (χ1n) is 9.81. The Hall–Kier alpha value is -2.45. The quantitative estimate of drug-likeness (QED) is 0.536. The third-order valence-electron chi connectivity index (χ3n) is 5.50. The number of hydrogen-bond donors (Lipinski definition) is 0. The van der Waals surface area contributed by atoms with Gasteiger partial charge in [-0.2, -0.15) is 0 Å². The molecule has 0 aromatic heterocycles. The summed E-state index contributed by atoms with van der Waals surface area (Å²) in [5, 5.41) is 13.8. The fraction of sp³-hybridized carbons (Fsp3) is 0.571. The van der Waals surface area contributed by atoms with Crippen LogP contribution in [0.25, 0.3) is 0 Å². The number of hydroxylamine groups is 2. The molecule has 1 aromatic carbocycles. The van der Waals surface area contributed by atoms with E-state index in [1.165, 1.54) is 0 Å². The van der Waals surface area contributed by atoms with Crippen molar-refractivity contribution in [2.45, 2.75) is 45.8 Å². The summed E-state index contributed by atoms with van der Waals surface area (Å²) in [6.07, 6.45) is 0. The van der Waals surface area contributed by atoms with Crippen molar-refractivity contribution in [1.82, 2.24) is 9.96 Å². The molecule has 8 heteroatoms. The molecule has 1 aromatic rings. The van der Waals surface area contributed by atoms with Crippen LogP contribution in [0.15, 0.2) is 29.3 Å².